The summed E-state index contributed by atoms with van der Waals surface area (Å²) >= 11 is 0. The van der Waals surface area contributed by atoms with Crippen molar-refractivity contribution >= 4 is 11.8 Å². The molecule has 18 heavy (non-hydrogen) atoms. The first-order valence-electron chi connectivity index (χ1n) is 5.59. The zero-order chi connectivity index (χ0) is 12.7. The van der Waals surface area contributed by atoms with Crippen LogP contribution in [0.4, 0.5) is 0 Å². The number of hydrogen-bond donors (Lipinski definition) is 1. The Balaban J connectivity index is 2.24. The lowest BCUT2D eigenvalue weighted by Crippen LogP contribution is -2.20. The molecular formula is C14H10N2O2. The Morgan fingerprint density at radius 1 is 1.06 bits per heavy atom. The summed E-state index contributed by atoms with van der Waals surface area (Å²) in [6.07, 6.45) is 1.46. The van der Waals surface area contributed by atoms with Gasteiger partial charge in [-0.2, -0.15) is 0 Å². The molecule has 1 aliphatic heterocycles. The summed E-state index contributed by atoms with van der Waals surface area (Å²) in [4.78, 5) is 27.5. The van der Waals surface area contributed by atoms with Crippen molar-refractivity contribution in [2.75, 3.05) is 0 Å². The standard InChI is InChI=1S/C14H10N2O2/c1-8-11-10(13(17)16-14(11)18)7-15-12(8)9-5-3-2-4-6-9/h2-7H,1H3,(H,16,17,18). The van der Waals surface area contributed by atoms with Crippen LogP contribution in [0.3, 0.4) is 0 Å². The van der Waals surface area contributed by atoms with E-state index in [0.717, 1.165) is 16.8 Å². The number of carbonyl (C=O) groups is 2. The average Bonchev–Trinajstić information content (AvgIpc) is 2.67. The van der Waals surface area contributed by atoms with Crippen molar-refractivity contribution in [1.29, 1.82) is 0 Å². The van der Waals surface area contributed by atoms with E-state index < -0.39 is 0 Å². The van der Waals surface area contributed by atoms with Crippen molar-refractivity contribution in [2.45, 2.75) is 6.92 Å². The van der Waals surface area contributed by atoms with Gasteiger partial charge in [-0.3, -0.25) is 19.9 Å². The molecule has 3 rings (SSSR count). The van der Waals surface area contributed by atoms with Crippen LogP contribution in [-0.4, -0.2) is 16.8 Å². The smallest absolute Gasteiger partial charge is 0.260 e. The van der Waals surface area contributed by atoms with Crippen LogP contribution in [0, 0.1) is 6.92 Å². The number of nitrogens with zero attached hydrogens (tertiary/aromatic N) is 1. The number of nitrogens with one attached hydrogen (secondary N) is 1. The number of carbonyl (C=O) groups excluding carboxylic acids is 2. The van der Waals surface area contributed by atoms with E-state index in [1.807, 2.05) is 37.3 Å². The maximum absolute atomic E-state index is 11.7. The molecule has 4 heteroatoms. The number of aromatic nitrogens is 1. The highest BCUT2D eigenvalue weighted by Crippen LogP contribution is 2.27. The summed E-state index contributed by atoms with van der Waals surface area (Å²) in [6, 6.07) is 9.60. The third-order valence-corrected chi connectivity index (χ3v) is 3.07. The number of rotatable bonds is 1. The summed E-state index contributed by atoms with van der Waals surface area (Å²) in [5, 5.41) is 2.28. The first-order chi connectivity index (χ1) is 8.68. The summed E-state index contributed by atoms with van der Waals surface area (Å²) in [5.41, 5.74) is 3.21. The van der Waals surface area contributed by atoms with Crippen molar-refractivity contribution in [3.05, 3.63) is 53.2 Å². The Morgan fingerprint density at radius 3 is 2.50 bits per heavy atom. The number of benzene rings is 1. The highest BCUT2D eigenvalue weighted by molar-refractivity contribution is 6.22. The molecule has 0 spiro atoms. The van der Waals surface area contributed by atoms with Gasteiger partial charge in [0, 0.05) is 11.8 Å². The largest absolute Gasteiger partial charge is 0.288 e. The molecule has 0 saturated heterocycles. The first-order valence-corrected chi connectivity index (χ1v) is 5.59. The maximum Gasteiger partial charge on any atom is 0.260 e. The lowest BCUT2D eigenvalue weighted by atomic mass is 10.00. The molecule has 2 amide bonds. The molecule has 1 aromatic heterocycles. The number of fused-ring (bicyclic) bond motifs is 1. The minimum atomic E-state index is -0.370. The SMILES string of the molecule is Cc1c(-c2ccccc2)ncc2c1C(=O)NC2=O. The van der Waals surface area contributed by atoms with E-state index >= 15 is 0 Å². The molecule has 2 aromatic rings. The van der Waals surface area contributed by atoms with Gasteiger partial charge in [0.25, 0.3) is 11.8 Å². The van der Waals surface area contributed by atoms with Crippen LogP contribution in [-0.2, 0) is 0 Å². The normalized spacial score (nSPS) is 13.4. The van der Waals surface area contributed by atoms with Crippen LogP contribution in [0.15, 0.2) is 36.5 Å². The van der Waals surface area contributed by atoms with Gasteiger partial charge in [0.2, 0.25) is 0 Å². The van der Waals surface area contributed by atoms with Gasteiger partial charge in [-0.05, 0) is 12.5 Å². The predicted molar refractivity (Wildman–Crippen MR) is 66.2 cm³/mol. The Labute approximate surface area is 104 Å². The van der Waals surface area contributed by atoms with E-state index in [2.05, 4.69) is 10.3 Å². The fraction of sp³-hybridized carbons (Fsp3) is 0.0714. The second-order valence-corrected chi connectivity index (χ2v) is 4.17. The average molecular weight is 238 g/mol. The van der Waals surface area contributed by atoms with E-state index in [1.165, 1.54) is 6.20 Å². The van der Waals surface area contributed by atoms with E-state index in [-0.39, 0.29) is 11.8 Å². The van der Waals surface area contributed by atoms with Crippen LogP contribution < -0.4 is 5.32 Å². The Hall–Kier alpha value is -2.49. The predicted octanol–water partition coefficient (Wildman–Crippen LogP) is 1.94. The molecule has 1 aliphatic rings. The number of pyridine rings is 1. The molecule has 0 aliphatic carbocycles. The topological polar surface area (TPSA) is 59.1 Å². The molecule has 0 fully saturated rings. The molecule has 0 atom stereocenters. The lowest BCUT2D eigenvalue weighted by molar-refractivity contribution is 0.0879. The summed E-state index contributed by atoms with van der Waals surface area (Å²) in [5.74, 6) is -0.711. The van der Waals surface area contributed by atoms with Gasteiger partial charge in [-0.15, -0.1) is 0 Å². The Bertz CT molecular complexity index is 663. The molecule has 4 nitrogen and oxygen atoms in total. The zero-order valence-electron chi connectivity index (χ0n) is 9.73. The van der Waals surface area contributed by atoms with Gasteiger partial charge in [-0.1, -0.05) is 30.3 Å². The van der Waals surface area contributed by atoms with Crippen molar-refractivity contribution in [3.63, 3.8) is 0 Å². The number of amides is 2. The summed E-state index contributed by atoms with van der Waals surface area (Å²) in [6.45, 7) is 1.81. The lowest BCUT2D eigenvalue weighted by Gasteiger charge is -2.07. The van der Waals surface area contributed by atoms with Crippen LogP contribution in [0.25, 0.3) is 11.3 Å². The van der Waals surface area contributed by atoms with Crippen molar-refractivity contribution in [3.8, 4) is 11.3 Å². The van der Waals surface area contributed by atoms with Gasteiger partial charge >= 0.3 is 0 Å². The fourth-order valence-corrected chi connectivity index (χ4v) is 2.20. The molecule has 88 valence electrons. The van der Waals surface area contributed by atoms with E-state index in [1.54, 1.807) is 0 Å². The maximum atomic E-state index is 11.7. The van der Waals surface area contributed by atoms with Gasteiger partial charge < -0.3 is 0 Å². The van der Waals surface area contributed by atoms with Crippen LogP contribution in [0.1, 0.15) is 26.3 Å². The molecule has 0 saturated carbocycles. The summed E-state index contributed by atoms with van der Waals surface area (Å²) < 4.78 is 0. The van der Waals surface area contributed by atoms with Gasteiger partial charge in [0.05, 0.1) is 16.8 Å². The van der Waals surface area contributed by atoms with Crippen molar-refractivity contribution in [1.82, 2.24) is 10.3 Å². The second-order valence-electron chi connectivity index (χ2n) is 4.17. The van der Waals surface area contributed by atoms with E-state index in [0.29, 0.717) is 11.1 Å². The molecule has 0 unspecified atom stereocenters. The minimum Gasteiger partial charge on any atom is -0.288 e. The molecule has 0 radical (unpaired) electrons. The first kappa shape index (κ1) is 10.7. The van der Waals surface area contributed by atoms with Crippen LogP contribution >= 0.6 is 0 Å². The summed E-state index contributed by atoms with van der Waals surface area (Å²) in [7, 11) is 0. The third kappa shape index (κ3) is 1.43. The molecule has 1 N–H and O–H groups in total. The van der Waals surface area contributed by atoms with Crippen LogP contribution in [0.5, 0.6) is 0 Å². The van der Waals surface area contributed by atoms with Crippen molar-refractivity contribution < 1.29 is 9.59 Å². The van der Waals surface area contributed by atoms with Crippen LogP contribution in [0.2, 0.25) is 0 Å². The monoisotopic (exact) mass is 238 g/mol. The number of hydrogen-bond acceptors (Lipinski definition) is 3. The highest BCUT2D eigenvalue weighted by Gasteiger charge is 2.30. The third-order valence-electron chi connectivity index (χ3n) is 3.07. The highest BCUT2D eigenvalue weighted by atomic mass is 16.2. The molecule has 1 aromatic carbocycles. The Kier molecular flexibility index (Phi) is 2.23. The fourth-order valence-electron chi connectivity index (χ4n) is 2.20. The van der Waals surface area contributed by atoms with E-state index in [4.69, 9.17) is 0 Å². The zero-order valence-corrected chi connectivity index (χ0v) is 9.73. The second kappa shape index (κ2) is 3.77. The van der Waals surface area contributed by atoms with Gasteiger partial charge in [0.1, 0.15) is 0 Å². The van der Waals surface area contributed by atoms with Gasteiger partial charge in [-0.25, -0.2) is 0 Å². The molecular weight excluding hydrogens is 228 g/mol. The van der Waals surface area contributed by atoms with Gasteiger partial charge in [0.15, 0.2) is 0 Å². The molecule has 2 heterocycles. The Morgan fingerprint density at radius 2 is 1.78 bits per heavy atom. The molecule has 0 bridgehead atoms. The quantitative estimate of drug-likeness (QED) is 0.772. The van der Waals surface area contributed by atoms with E-state index in [9.17, 15) is 9.59 Å². The number of imide groups is 1. The van der Waals surface area contributed by atoms with Crippen molar-refractivity contribution in [2.24, 2.45) is 0 Å². The minimum absolute atomic E-state index is 0.341.